The van der Waals surface area contributed by atoms with Crippen LogP contribution in [-0.4, -0.2) is 36.1 Å². The summed E-state index contributed by atoms with van der Waals surface area (Å²) in [4.78, 5) is 12.2. The third-order valence-electron chi connectivity index (χ3n) is 1.44. The molecule has 0 aromatic carbocycles. The van der Waals surface area contributed by atoms with Crippen LogP contribution < -0.4 is 11.1 Å². The molecule has 3 N–H and O–H groups in total. The first-order valence-corrected chi connectivity index (χ1v) is 4.37. The molecule has 0 fully saturated rings. The summed E-state index contributed by atoms with van der Waals surface area (Å²) in [7, 11) is 1.81. The smallest absolute Gasteiger partial charge is 0.219 e. The fraction of sp³-hybridized carbons (Fsp3) is 0.500. The Labute approximate surface area is 83.8 Å². The van der Waals surface area contributed by atoms with E-state index in [9.17, 15) is 4.79 Å². The fourth-order valence-corrected chi connectivity index (χ4v) is 0.849. The van der Waals surface area contributed by atoms with Gasteiger partial charge in [0, 0.05) is 26.6 Å². The van der Waals surface area contributed by atoms with Gasteiger partial charge in [0.25, 0.3) is 0 Å². The lowest BCUT2D eigenvalue weighted by Crippen LogP contribution is -2.38. The van der Waals surface area contributed by atoms with Crippen molar-refractivity contribution in [1.29, 1.82) is 0 Å². The summed E-state index contributed by atoms with van der Waals surface area (Å²) in [6.07, 6.45) is 2.03. The van der Waals surface area contributed by atoms with Crippen LogP contribution >= 0.6 is 12.2 Å². The lowest BCUT2D eigenvalue weighted by molar-refractivity contribution is -0.118. The Morgan fingerprint density at radius 2 is 2.38 bits per heavy atom. The number of nitrogens with zero attached hydrogens (tertiary/aromatic N) is 1. The third-order valence-corrected chi connectivity index (χ3v) is 1.89. The number of hydrogen-bond donors (Lipinski definition) is 2. The number of carbonyl (C=O) groups excluding carboxylic acids is 1. The highest BCUT2D eigenvalue weighted by molar-refractivity contribution is 7.80. The molecule has 0 aliphatic heterocycles. The van der Waals surface area contributed by atoms with Crippen molar-refractivity contribution in [3.63, 3.8) is 0 Å². The van der Waals surface area contributed by atoms with E-state index in [0.717, 1.165) is 0 Å². The number of primary amides is 1. The molecule has 5 heteroatoms. The second kappa shape index (κ2) is 6.42. The van der Waals surface area contributed by atoms with Gasteiger partial charge >= 0.3 is 0 Å². The number of nitrogens with two attached hydrogens (primary N) is 1. The summed E-state index contributed by atoms with van der Waals surface area (Å²) in [6, 6.07) is 0. The van der Waals surface area contributed by atoms with E-state index in [2.05, 4.69) is 11.9 Å². The lowest BCUT2D eigenvalue weighted by Gasteiger charge is -2.19. The number of amides is 1. The number of thiocarbonyl (C=S) groups is 1. The van der Waals surface area contributed by atoms with Gasteiger partial charge in [-0.25, -0.2) is 0 Å². The van der Waals surface area contributed by atoms with E-state index in [1.54, 1.807) is 18.0 Å². The van der Waals surface area contributed by atoms with E-state index < -0.39 is 0 Å². The van der Waals surface area contributed by atoms with Crippen molar-refractivity contribution >= 4 is 23.2 Å². The molecule has 0 spiro atoms. The third kappa shape index (κ3) is 6.10. The highest BCUT2D eigenvalue weighted by Gasteiger charge is 2.03. The Morgan fingerprint density at radius 3 is 2.85 bits per heavy atom. The average Bonchev–Trinajstić information content (AvgIpc) is 2.10. The minimum atomic E-state index is -0.321. The first kappa shape index (κ1) is 11.9. The maximum Gasteiger partial charge on any atom is 0.219 e. The summed E-state index contributed by atoms with van der Waals surface area (Å²) in [5.41, 5.74) is 5.00. The Hall–Kier alpha value is -1.10. The van der Waals surface area contributed by atoms with E-state index >= 15 is 0 Å². The quantitative estimate of drug-likeness (QED) is 0.480. The van der Waals surface area contributed by atoms with E-state index in [4.69, 9.17) is 18.0 Å². The zero-order chi connectivity index (χ0) is 10.3. The van der Waals surface area contributed by atoms with E-state index in [0.29, 0.717) is 24.6 Å². The van der Waals surface area contributed by atoms with E-state index in [1.165, 1.54) is 0 Å². The molecule has 0 rings (SSSR count). The average molecular weight is 201 g/mol. The zero-order valence-electron chi connectivity index (χ0n) is 7.75. The van der Waals surface area contributed by atoms with Crippen LogP contribution in [0.2, 0.25) is 0 Å². The predicted molar refractivity (Wildman–Crippen MR) is 57.2 cm³/mol. The van der Waals surface area contributed by atoms with Crippen molar-refractivity contribution in [1.82, 2.24) is 10.2 Å². The van der Waals surface area contributed by atoms with Crippen molar-refractivity contribution in [2.24, 2.45) is 5.73 Å². The fourth-order valence-electron chi connectivity index (χ4n) is 0.674. The molecule has 0 radical (unpaired) electrons. The number of rotatable bonds is 5. The van der Waals surface area contributed by atoms with Gasteiger partial charge in [0.1, 0.15) is 0 Å². The highest BCUT2D eigenvalue weighted by atomic mass is 32.1. The standard InChI is InChI=1S/C8H15N3OS/c1-3-5-10-8(13)11(2)6-4-7(9)12/h3H,1,4-6H2,2H3,(H2,9,12)(H,10,13). The summed E-state index contributed by atoms with van der Waals surface area (Å²) in [5, 5.41) is 3.54. The van der Waals surface area contributed by atoms with Gasteiger partial charge in [-0.1, -0.05) is 6.08 Å². The first-order valence-electron chi connectivity index (χ1n) is 3.96. The Bertz CT molecular complexity index is 206. The molecule has 4 nitrogen and oxygen atoms in total. The molecule has 0 bridgehead atoms. The van der Waals surface area contributed by atoms with Gasteiger partial charge < -0.3 is 16.0 Å². The minimum Gasteiger partial charge on any atom is -0.370 e. The van der Waals surface area contributed by atoms with Crippen molar-refractivity contribution in [2.45, 2.75) is 6.42 Å². The van der Waals surface area contributed by atoms with Crippen LogP contribution in [0.1, 0.15) is 6.42 Å². The topological polar surface area (TPSA) is 58.4 Å². The van der Waals surface area contributed by atoms with Gasteiger partial charge in [-0.15, -0.1) is 6.58 Å². The molecule has 0 atom stereocenters. The van der Waals surface area contributed by atoms with Crippen LogP contribution in [-0.2, 0) is 4.79 Å². The van der Waals surface area contributed by atoms with Gasteiger partial charge in [0.2, 0.25) is 5.91 Å². The lowest BCUT2D eigenvalue weighted by atomic mass is 10.4. The summed E-state index contributed by atoms with van der Waals surface area (Å²) < 4.78 is 0. The van der Waals surface area contributed by atoms with Crippen LogP contribution in [0.3, 0.4) is 0 Å². The maximum atomic E-state index is 10.5. The van der Waals surface area contributed by atoms with Gasteiger partial charge in [0.05, 0.1) is 0 Å². The Balaban J connectivity index is 3.68. The minimum absolute atomic E-state index is 0.312. The van der Waals surface area contributed by atoms with Crippen molar-refractivity contribution in [2.75, 3.05) is 20.1 Å². The van der Waals surface area contributed by atoms with Crippen LogP contribution in [0, 0.1) is 0 Å². The number of carbonyl (C=O) groups is 1. The number of nitrogens with one attached hydrogen (secondary N) is 1. The van der Waals surface area contributed by atoms with Gasteiger partial charge in [-0.3, -0.25) is 4.79 Å². The molecule has 0 heterocycles. The summed E-state index contributed by atoms with van der Waals surface area (Å²) >= 11 is 5.01. The van der Waals surface area contributed by atoms with Crippen molar-refractivity contribution in [3.8, 4) is 0 Å². The number of hydrogen-bond acceptors (Lipinski definition) is 2. The SMILES string of the molecule is C=CCNC(=S)N(C)CCC(N)=O. The van der Waals surface area contributed by atoms with Gasteiger partial charge in [0.15, 0.2) is 5.11 Å². The second-order valence-corrected chi connectivity index (χ2v) is 3.00. The van der Waals surface area contributed by atoms with Gasteiger partial charge in [-0.2, -0.15) is 0 Å². The maximum absolute atomic E-state index is 10.5. The van der Waals surface area contributed by atoms with Crippen LogP contribution in [0.5, 0.6) is 0 Å². The van der Waals surface area contributed by atoms with Crippen LogP contribution in [0.15, 0.2) is 12.7 Å². The zero-order valence-corrected chi connectivity index (χ0v) is 8.56. The molecule has 13 heavy (non-hydrogen) atoms. The summed E-state index contributed by atoms with van der Waals surface area (Å²) in [5.74, 6) is -0.321. The predicted octanol–water partition coefficient (Wildman–Crippen LogP) is -0.146. The van der Waals surface area contributed by atoms with E-state index in [1.807, 2.05) is 0 Å². The summed E-state index contributed by atoms with van der Waals surface area (Å²) in [6.45, 7) is 4.72. The molecule has 1 amide bonds. The largest absolute Gasteiger partial charge is 0.370 e. The molecule has 0 saturated heterocycles. The molecule has 0 aromatic heterocycles. The first-order chi connectivity index (χ1) is 6.07. The molecular weight excluding hydrogens is 186 g/mol. The molecular formula is C8H15N3OS. The van der Waals surface area contributed by atoms with Gasteiger partial charge in [-0.05, 0) is 12.2 Å². The second-order valence-electron chi connectivity index (χ2n) is 2.61. The van der Waals surface area contributed by atoms with Crippen molar-refractivity contribution < 1.29 is 4.79 Å². The van der Waals surface area contributed by atoms with E-state index in [-0.39, 0.29) is 5.91 Å². The molecule has 0 unspecified atom stereocenters. The molecule has 0 aliphatic carbocycles. The van der Waals surface area contributed by atoms with Crippen LogP contribution in [0.25, 0.3) is 0 Å². The highest BCUT2D eigenvalue weighted by Crippen LogP contribution is 1.88. The van der Waals surface area contributed by atoms with Crippen LogP contribution in [0.4, 0.5) is 0 Å². The molecule has 0 aliphatic rings. The normalized spacial score (nSPS) is 9.00. The monoisotopic (exact) mass is 201 g/mol. The van der Waals surface area contributed by atoms with Crippen molar-refractivity contribution in [3.05, 3.63) is 12.7 Å². The molecule has 74 valence electrons. The molecule has 0 aromatic rings. The molecule has 0 saturated carbocycles. The Kier molecular flexibility index (Phi) is 5.88. The Morgan fingerprint density at radius 1 is 1.77 bits per heavy atom.